The molecule has 14 heavy (non-hydrogen) atoms. The van der Waals surface area contributed by atoms with Gasteiger partial charge in [0.15, 0.2) is 0 Å². The molecule has 0 bridgehead atoms. The maximum atomic E-state index is 9.50. The normalized spacial score (nSPS) is 18.8. The summed E-state index contributed by atoms with van der Waals surface area (Å²) in [4.78, 5) is 0. The Kier molecular flexibility index (Phi) is 4.82. The van der Waals surface area contributed by atoms with E-state index in [2.05, 4.69) is 34.3 Å². The van der Waals surface area contributed by atoms with E-state index >= 15 is 0 Å². The molecule has 0 aromatic rings. The molecule has 0 radical (unpaired) electrons. The van der Waals surface area contributed by atoms with Gasteiger partial charge in [-0.05, 0) is 11.3 Å². The molecule has 0 amide bonds. The Morgan fingerprint density at radius 3 is 2.00 bits per heavy atom. The van der Waals surface area contributed by atoms with Crippen molar-refractivity contribution in [3.8, 4) is 0 Å². The summed E-state index contributed by atoms with van der Waals surface area (Å²) in [5.74, 6) is 0.285. The Morgan fingerprint density at radius 2 is 1.71 bits per heavy atom. The summed E-state index contributed by atoms with van der Waals surface area (Å²) in [6, 6.07) is 0. The van der Waals surface area contributed by atoms with Crippen LogP contribution in [-0.2, 0) is 0 Å². The van der Waals surface area contributed by atoms with Crippen molar-refractivity contribution in [1.29, 1.82) is 0 Å². The minimum Gasteiger partial charge on any atom is -0.394 e. The van der Waals surface area contributed by atoms with Gasteiger partial charge in [0.05, 0.1) is 12.7 Å². The Morgan fingerprint density at radius 1 is 1.29 bits per heavy atom. The summed E-state index contributed by atoms with van der Waals surface area (Å²) in [5.41, 5.74) is 1.17. The van der Waals surface area contributed by atoms with Crippen molar-refractivity contribution in [3.63, 3.8) is 0 Å². The van der Waals surface area contributed by atoms with Gasteiger partial charge in [0, 0.05) is 5.92 Å². The SMILES string of the molecule is C=C(C(C)C(O)CO)C(C)C(C)(C)C. The molecule has 0 aliphatic heterocycles. The second-order valence-corrected chi connectivity index (χ2v) is 5.20. The molecule has 2 nitrogen and oxygen atoms in total. The maximum absolute atomic E-state index is 9.50. The molecule has 0 aliphatic carbocycles. The van der Waals surface area contributed by atoms with E-state index in [1.807, 2.05) is 6.92 Å². The van der Waals surface area contributed by atoms with Crippen LogP contribution in [0.2, 0.25) is 0 Å². The highest BCUT2D eigenvalue weighted by molar-refractivity contribution is 5.08. The summed E-state index contributed by atoms with van der Waals surface area (Å²) < 4.78 is 0. The zero-order valence-electron chi connectivity index (χ0n) is 10.0. The highest BCUT2D eigenvalue weighted by Crippen LogP contribution is 2.34. The van der Waals surface area contributed by atoms with Gasteiger partial charge in [-0.3, -0.25) is 0 Å². The van der Waals surface area contributed by atoms with Crippen molar-refractivity contribution in [1.82, 2.24) is 0 Å². The van der Waals surface area contributed by atoms with E-state index in [0.29, 0.717) is 5.92 Å². The van der Waals surface area contributed by atoms with Crippen LogP contribution in [0.5, 0.6) is 0 Å². The zero-order chi connectivity index (χ0) is 11.5. The lowest BCUT2D eigenvalue weighted by molar-refractivity contribution is 0.0590. The standard InChI is InChI=1S/C12H24O2/c1-8(9(2)11(14)7-13)10(3)12(4,5)6/h9-11,13-14H,1,7H2,2-6H3. The molecule has 0 spiro atoms. The Hall–Kier alpha value is -0.340. The number of aliphatic hydroxyl groups excluding tert-OH is 2. The highest BCUT2D eigenvalue weighted by atomic mass is 16.3. The fraction of sp³-hybridized carbons (Fsp3) is 0.833. The first-order valence-electron chi connectivity index (χ1n) is 5.19. The molecule has 0 saturated heterocycles. The summed E-state index contributed by atoms with van der Waals surface area (Å²) in [7, 11) is 0. The van der Waals surface area contributed by atoms with Crippen molar-refractivity contribution in [2.75, 3.05) is 6.61 Å². The van der Waals surface area contributed by atoms with E-state index in [4.69, 9.17) is 5.11 Å². The monoisotopic (exact) mass is 200 g/mol. The molecule has 84 valence electrons. The predicted molar refractivity (Wildman–Crippen MR) is 60.0 cm³/mol. The Bertz CT molecular complexity index is 191. The van der Waals surface area contributed by atoms with Crippen molar-refractivity contribution < 1.29 is 10.2 Å². The smallest absolute Gasteiger partial charge is 0.0833 e. The third-order valence-electron chi connectivity index (χ3n) is 3.20. The fourth-order valence-electron chi connectivity index (χ4n) is 1.36. The van der Waals surface area contributed by atoms with Gasteiger partial charge in [0.25, 0.3) is 0 Å². The highest BCUT2D eigenvalue weighted by Gasteiger charge is 2.27. The van der Waals surface area contributed by atoms with Gasteiger partial charge >= 0.3 is 0 Å². The zero-order valence-corrected chi connectivity index (χ0v) is 10.0. The van der Waals surface area contributed by atoms with Crippen LogP contribution in [0.3, 0.4) is 0 Å². The molecule has 0 fully saturated rings. The van der Waals surface area contributed by atoms with Crippen molar-refractivity contribution in [2.24, 2.45) is 17.3 Å². The summed E-state index contributed by atoms with van der Waals surface area (Å²) in [6.07, 6.45) is -0.688. The van der Waals surface area contributed by atoms with E-state index in [1.165, 1.54) is 0 Å². The number of hydrogen-bond donors (Lipinski definition) is 2. The van der Waals surface area contributed by atoms with E-state index in [9.17, 15) is 5.11 Å². The minimum absolute atomic E-state index is 0.0470. The molecule has 0 saturated carbocycles. The second-order valence-electron chi connectivity index (χ2n) is 5.20. The topological polar surface area (TPSA) is 40.5 Å². The van der Waals surface area contributed by atoms with E-state index in [0.717, 1.165) is 5.57 Å². The molecule has 0 aliphatic rings. The van der Waals surface area contributed by atoms with Gasteiger partial charge in [-0.1, -0.05) is 46.8 Å². The minimum atomic E-state index is -0.688. The van der Waals surface area contributed by atoms with Crippen molar-refractivity contribution in [3.05, 3.63) is 12.2 Å². The van der Waals surface area contributed by atoms with Crippen LogP contribution in [0, 0.1) is 17.3 Å². The van der Waals surface area contributed by atoms with Gasteiger partial charge < -0.3 is 10.2 Å². The van der Waals surface area contributed by atoms with E-state index < -0.39 is 6.10 Å². The van der Waals surface area contributed by atoms with E-state index in [1.54, 1.807) is 0 Å². The van der Waals surface area contributed by atoms with Crippen LogP contribution in [0.4, 0.5) is 0 Å². The average Bonchev–Trinajstić information content (AvgIpc) is 2.11. The third kappa shape index (κ3) is 3.43. The van der Waals surface area contributed by atoms with Crippen LogP contribution >= 0.6 is 0 Å². The molecular formula is C12H24O2. The lowest BCUT2D eigenvalue weighted by Crippen LogP contribution is -2.29. The number of aliphatic hydroxyl groups is 2. The van der Waals surface area contributed by atoms with Gasteiger partial charge in [-0.15, -0.1) is 0 Å². The summed E-state index contributed by atoms with van der Waals surface area (Å²) >= 11 is 0. The first-order chi connectivity index (χ1) is 6.21. The van der Waals surface area contributed by atoms with Crippen LogP contribution in [0.15, 0.2) is 12.2 Å². The lowest BCUT2D eigenvalue weighted by Gasteiger charge is -2.33. The molecule has 3 atom stereocenters. The Labute approximate surface area is 87.7 Å². The lowest BCUT2D eigenvalue weighted by atomic mass is 9.73. The molecule has 0 heterocycles. The molecule has 3 unspecified atom stereocenters. The predicted octanol–water partition coefficient (Wildman–Crippen LogP) is 2.21. The Balaban J connectivity index is 4.47. The average molecular weight is 200 g/mol. The van der Waals surface area contributed by atoms with Gasteiger partial charge in [0.2, 0.25) is 0 Å². The molecule has 2 N–H and O–H groups in total. The largest absolute Gasteiger partial charge is 0.394 e. The fourth-order valence-corrected chi connectivity index (χ4v) is 1.36. The maximum Gasteiger partial charge on any atom is 0.0833 e. The van der Waals surface area contributed by atoms with Crippen LogP contribution in [0.1, 0.15) is 34.6 Å². The van der Waals surface area contributed by atoms with Gasteiger partial charge in [-0.25, -0.2) is 0 Å². The van der Waals surface area contributed by atoms with Gasteiger partial charge in [0.1, 0.15) is 0 Å². The first-order valence-corrected chi connectivity index (χ1v) is 5.19. The van der Waals surface area contributed by atoms with Gasteiger partial charge in [-0.2, -0.15) is 0 Å². The first kappa shape index (κ1) is 13.7. The van der Waals surface area contributed by atoms with Crippen molar-refractivity contribution >= 4 is 0 Å². The van der Waals surface area contributed by atoms with Crippen molar-refractivity contribution in [2.45, 2.75) is 40.7 Å². The molecule has 2 heteroatoms. The quantitative estimate of drug-likeness (QED) is 0.683. The number of hydrogen-bond acceptors (Lipinski definition) is 2. The van der Waals surface area contributed by atoms with Crippen LogP contribution in [-0.4, -0.2) is 22.9 Å². The molecular weight excluding hydrogens is 176 g/mol. The molecule has 0 rings (SSSR count). The molecule has 0 aromatic carbocycles. The van der Waals surface area contributed by atoms with Crippen LogP contribution < -0.4 is 0 Å². The summed E-state index contributed by atoms with van der Waals surface area (Å²) in [5, 5.41) is 18.3. The number of rotatable bonds is 4. The molecule has 0 aromatic heterocycles. The second kappa shape index (κ2) is 4.94. The third-order valence-corrected chi connectivity index (χ3v) is 3.20. The van der Waals surface area contributed by atoms with E-state index in [-0.39, 0.29) is 17.9 Å². The van der Waals surface area contributed by atoms with Crippen LogP contribution in [0.25, 0.3) is 0 Å². The summed E-state index contributed by atoms with van der Waals surface area (Å²) in [6.45, 7) is 14.3.